The van der Waals surface area contributed by atoms with Crippen LogP contribution in [0.25, 0.3) is 0 Å². The molecule has 1 aliphatic heterocycles. The lowest BCUT2D eigenvalue weighted by atomic mass is 9.97. The quantitative estimate of drug-likeness (QED) is 0.787. The number of rotatable bonds is 1. The van der Waals surface area contributed by atoms with Crippen LogP contribution in [-0.4, -0.2) is 11.7 Å². The Hall–Kier alpha value is -0.510. The van der Waals surface area contributed by atoms with Crippen molar-refractivity contribution in [2.24, 2.45) is 0 Å². The predicted molar refractivity (Wildman–Crippen MR) is 67.9 cm³/mol. The van der Waals surface area contributed by atoms with Crippen LogP contribution in [0.2, 0.25) is 5.02 Å². The number of halogens is 2. The van der Waals surface area contributed by atoms with Gasteiger partial charge in [-0.3, -0.25) is 0 Å². The Morgan fingerprint density at radius 1 is 1.50 bits per heavy atom. The van der Waals surface area contributed by atoms with Gasteiger partial charge in [-0.15, -0.1) is 0 Å². The molecule has 1 saturated heterocycles. The Balaban J connectivity index is 2.35. The fraction of sp³-hybridized carbons (Fsp3) is 0.333. The van der Waals surface area contributed by atoms with Gasteiger partial charge in [-0.2, -0.15) is 0 Å². The Labute approximate surface area is 108 Å². The van der Waals surface area contributed by atoms with E-state index in [0.717, 1.165) is 24.0 Å². The van der Waals surface area contributed by atoms with Crippen LogP contribution in [0.4, 0.5) is 0 Å². The number of hydrogen-bond donors (Lipinski definition) is 1. The van der Waals surface area contributed by atoms with E-state index in [1.165, 1.54) is 0 Å². The molecule has 2 nitrogen and oxygen atoms in total. The molecule has 1 heterocycles. The number of ether oxygens (including phenoxy) is 1. The van der Waals surface area contributed by atoms with Crippen LogP contribution >= 0.6 is 27.5 Å². The molecule has 0 aliphatic carbocycles. The summed E-state index contributed by atoms with van der Waals surface area (Å²) in [5.41, 5.74) is 1.87. The topological polar surface area (TPSA) is 29.5 Å². The van der Waals surface area contributed by atoms with Crippen molar-refractivity contribution in [3.8, 4) is 5.75 Å². The third-order valence-electron chi connectivity index (χ3n) is 2.65. The summed E-state index contributed by atoms with van der Waals surface area (Å²) in [6, 6.07) is 3.41. The summed E-state index contributed by atoms with van der Waals surface area (Å²) in [6.07, 6.45) is 1.48. The van der Waals surface area contributed by atoms with Crippen LogP contribution in [0, 0.1) is 0 Å². The average Bonchev–Trinajstić information content (AvgIpc) is 2.23. The van der Waals surface area contributed by atoms with Crippen molar-refractivity contribution in [2.75, 3.05) is 6.61 Å². The van der Waals surface area contributed by atoms with Crippen molar-refractivity contribution in [2.45, 2.75) is 18.9 Å². The van der Waals surface area contributed by atoms with Gasteiger partial charge in [0, 0.05) is 10.6 Å². The van der Waals surface area contributed by atoms with Gasteiger partial charge in [0.1, 0.15) is 5.75 Å². The van der Waals surface area contributed by atoms with E-state index in [9.17, 15) is 5.11 Å². The Bertz CT molecular complexity index is 431. The van der Waals surface area contributed by atoms with Crippen molar-refractivity contribution >= 4 is 27.5 Å². The van der Waals surface area contributed by atoms with E-state index in [1.807, 2.05) is 0 Å². The van der Waals surface area contributed by atoms with E-state index >= 15 is 0 Å². The highest BCUT2D eigenvalue weighted by Gasteiger charge is 2.22. The summed E-state index contributed by atoms with van der Waals surface area (Å²) < 4.78 is 6.22. The van der Waals surface area contributed by atoms with Gasteiger partial charge >= 0.3 is 0 Å². The largest absolute Gasteiger partial charge is 0.506 e. The zero-order chi connectivity index (χ0) is 11.7. The van der Waals surface area contributed by atoms with Gasteiger partial charge in [-0.05, 0) is 40.9 Å². The first kappa shape index (κ1) is 12.0. The molecule has 0 radical (unpaired) electrons. The average molecular weight is 304 g/mol. The molecule has 0 bridgehead atoms. The number of benzene rings is 1. The van der Waals surface area contributed by atoms with Gasteiger partial charge in [-0.1, -0.05) is 23.8 Å². The zero-order valence-corrected chi connectivity index (χ0v) is 11.0. The molecule has 0 spiro atoms. The maximum atomic E-state index is 9.95. The van der Waals surface area contributed by atoms with E-state index in [1.54, 1.807) is 12.1 Å². The van der Waals surface area contributed by atoms with Crippen LogP contribution in [0.5, 0.6) is 5.75 Å². The van der Waals surface area contributed by atoms with Gasteiger partial charge in [0.25, 0.3) is 0 Å². The molecule has 1 fully saturated rings. The highest BCUT2D eigenvalue weighted by molar-refractivity contribution is 9.10. The van der Waals surface area contributed by atoms with Crippen LogP contribution in [-0.2, 0) is 4.74 Å². The molecule has 0 saturated carbocycles. The lowest BCUT2D eigenvalue weighted by Crippen LogP contribution is -2.13. The molecule has 16 heavy (non-hydrogen) atoms. The van der Waals surface area contributed by atoms with E-state index < -0.39 is 0 Å². The second kappa shape index (κ2) is 4.78. The highest BCUT2D eigenvalue weighted by atomic mass is 79.9. The van der Waals surface area contributed by atoms with Crippen molar-refractivity contribution in [3.05, 3.63) is 39.3 Å². The second-order valence-electron chi connectivity index (χ2n) is 3.89. The molecule has 0 aromatic heterocycles. The standard InChI is InChI=1S/C12H12BrClO2/c1-7-2-3-16-11(4-7)9-5-8(14)6-10(13)12(9)15/h5-6,11,15H,1-4H2. The van der Waals surface area contributed by atoms with E-state index in [4.69, 9.17) is 16.3 Å². The summed E-state index contributed by atoms with van der Waals surface area (Å²) in [5, 5.41) is 10.5. The van der Waals surface area contributed by atoms with Crippen LogP contribution < -0.4 is 0 Å². The van der Waals surface area contributed by atoms with E-state index in [0.29, 0.717) is 16.1 Å². The predicted octanol–water partition coefficient (Wildman–Crippen LogP) is 4.22. The monoisotopic (exact) mass is 302 g/mol. The molecule has 0 amide bonds. The minimum absolute atomic E-state index is 0.142. The van der Waals surface area contributed by atoms with Crippen LogP contribution in [0.3, 0.4) is 0 Å². The lowest BCUT2D eigenvalue weighted by Gasteiger charge is -2.25. The molecule has 1 N–H and O–H groups in total. The summed E-state index contributed by atoms with van der Waals surface area (Å²) in [4.78, 5) is 0. The number of phenolic OH excluding ortho intramolecular Hbond substituents is 1. The van der Waals surface area contributed by atoms with Gasteiger partial charge in [0.05, 0.1) is 17.2 Å². The maximum Gasteiger partial charge on any atom is 0.135 e. The lowest BCUT2D eigenvalue weighted by molar-refractivity contribution is 0.0337. The van der Waals surface area contributed by atoms with Crippen molar-refractivity contribution in [3.63, 3.8) is 0 Å². The Morgan fingerprint density at radius 2 is 2.25 bits per heavy atom. The molecule has 86 valence electrons. The zero-order valence-electron chi connectivity index (χ0n) is 8.67. The van der Waals surface area contributed by atoms with Crippen molar-refractivity contribution in [1.82, 2.24) is 0 Å². The summed E-state index contributed by atoms with van der Waals surface area (Å²) in [7, 11) is 0. The Kier molecular flexibility index (Phi) is 3.57. The minimum atomic E-state index is -0.142. The first-order chi connectivity index (χ1) is 7.58. The molecule has 4 heteroatoms. The van der Waals surface area contributed by atoms with Crippen molar-refractivity contribution < 1.29 is 9.84 Å². The second-order valence-corrected chi connectivity index (χ2v) is 5.18. The summed E-state index contributed by atoms with van der Waals surface area (Å²) >= 11 is 9.22. The molecule has 1 aromatic rings. The molecule has 2 rings (SSSR count). The molecule has 1 aliphatic rings. The third kappa shape index (κ3) is 2.42. The number of phenols is 1. The normalized spacial score (nSPS) is 21.1. The fourth-order valence-electron chi connectivity index (χ4n) is 1.80. The highest BCUT2D eigenvalue weighted by Crippen LogP contribution is 2.40. The van der Waals surface area contributed by atoms with Gasteiger partial charge < -0.3 is 9.84 Å². The summed E-state index contributed by atoms with van der Waals surface area (Å²) in [6.45, 7) is 4.60. The SMILES string of the molecule is C=C1CCOC(c2cc(Cl)cc(Br)c2O)C1. The van der Waals surface area contributed by atoms with Gasteiger partial charge in [0.15, 0.2) is 0 Å². The summed E-state index contributed by atoms with van der Waals surface area (Å²) in [5.74, 6) is 0.198. The third-order valence-corrected chi connectivity index (χ3v) is 3.48. The Morgan fingerprint density at radius 3 is 2.94 bits per heavy atom. The van der Waals surface area contributed by atoms with E-state index in [2.05, 4.69) is 22.5 Å². The van der Waals surface area contributed by atoms with Gasteiger partial charge in [-0.25, -0.2) is 0 Å². The molecular formula is C12H12BrClO2. The minimum Gasteiger partial charge on any atom is -0.506 e. The fourth-order valence-corrected chi connectivity index (χ4v) is 2.63. The molecular weight excluding hydrogens is 291 g/mol. The molecule has 1 unspecified atom stereocenters. The van der Waals surface area contributed by atoms with Crippen LogP contribution in [0.1, 0.15) is 24.5 Å². The van der Waals surface area contributed by atoms with Gasteiger partial charge in [0.2, 0.25) is 0 Å². The number of hydrogen-bond acceptors (Lipinski definition) is 2. The molecule has 1 atom stereocenters. The van der Waals surface area contributed by atoms with E-state index in [-0.39, 0.29) is 11.9 Å². The first-order valence-corrected chi connectivity index (χ1v) is 6.21. The smallest absolute Gasteiger partial charge is 0.135 e. The van der Waals surface area contributed by atoms with Crippen LogP contribution in [0.15, 0.2) is 28.8 Å². The first-order valence-electron chi connectivity index (χ1n) is 5.04. The molecule has 1 aromatic carbocycles. The maximum absolute atomic E-state index is 9.95. The van der Waals surface area contributed by atoms with Crippen molar-refractivity contribution in [1.29, 1.82) is 0 Å². The number of aromatic hydroxyl groups is 1.